The number of rotatable bonds is 4. The first kappa shape index (κ1) is 9.16. The van der Waals surface area contributed by atoms with Crippen molar-refractivity contribution in [2.75, 3.05) is 6.54 Å². The Bertz CT molecular complexity index is 282. The van der Waals surface area contributed by atoms with E-state index in [0.717, 1.165) is 24.9 Å². The van der Waals surface area contributed by atoms with Gasteiger partial charge in [0.2, 0.25) is 0 Å². The van der Waals surface area contributed by atoms with E-state index in [1.807, 2.05) is 5.51 Å². The standard InChI is InChI=1S/C10H16N2S/c1-7-5-9(7)11-4-3-10-8(2)12-6-13-10/h6-7,9,11H,3-5H2,1-2H3. The minimum Gasteiger partial charge on any atom is -0.313 e. The number of aromatic nitrogens is 1. The van der Waals surface area contributed by atoms with Crippen molar-refractivity contribution in [3.8, 4) is 0 Å². The highest BCUT2D eigenvalue weighted by Crippen LogP contribution is 2.28. The van der Waals surface area contributed by atoms with Crippen LogP contribution in [0.1, 0.15) is 23.9 Å². The van der Waals surface area contributed by atoms with E-state index in [1.165, 1.54) is 17.0 Å². The topological polar surface area (TPSA) is 24.9 Å². The number of hydrogen-bond acceptors (Lipinski definition) is 3. The summed E-state index contributed by atoms with van der Waals surface area (Å²) < 4.78 is 0. The molecule has 0 radical (unpaired) electrons. The van der Waals surface area contributed by atoms with Gasteiger partial charge in [-0.1, -0.05) is 6.92 Å². The summed E-state index contributed by atoms with van der Waals surface area (Å²) in [6, 6.07) is 0.799. The Hall–Kier alpha value is -0.410. The molecule has 2 rings (SSSR count). The molecule has 0 aromatic carbocycles. The van der Waals surface area contributed by atoms with Gasteiger partial charge in [-0.2, -0.15) is 0 Å². The summed E-state index contributed by atoms with van der Waals surface area (Å²) in [4.78, 5) is 5.67. The van der Waals surface area contributed by atoms with Crippen molar-refractivity contribution in [2.45, 2.75) is 32.7 Å². The summed E-state index contributed by atoms with van der Waals surface area (Å²) in [5.41, 5.74) is 3.14. The molecule has 1 fully saturated rings. The first-order chi connectivity index (χ1) is 6.27. The van der Waals surface area contributed by atoms with E-state index in [4.69, 9.17) is 0 Å². The minimum atomic E-state index is 0.799. The Morgan fingerprint density at radius 3 is 3.00 bits per heavy atom. The van der Waals surface area contributed by atoms with Gasteiger partial charge in [-0.25, -0.2) is 4.98 Å². The predicted octanol–water partition coefficient (Wildman–Crippen LogP) is 1.99. The van der Waals surface area contributed by atoms with Crippen molar-refractivity contribution in [3.05, 3.63) is 16.1 Å². The van der Waals surface area contributed by atoms with Crippen LogP contribution in [0.5, 0.6) is 0 Å². The maximum atomic E-state index is 4.24. The molecule has 2 nitrogen and oxygen atoms in total. The third-order valence-corrected chi connectivity index (χ3v) is 3.71. The van der Waals surface area contributed by atoms with Gasteiger partial charge in [0, 0.05) is 17.5 Å². The molecule has 0 bridgehead atoms. The zero-order valence-corrected chi connectivity index (χ0v) is 9.03. The Morgan fingerprint density at radius 2 is 2.46 bits per heavy atom. The van der Waals surface area contributed by atoms with Crippen LogP contribution in [0.4, 0.5) is 0 Å². The molecule has 3 heteroatoms. The van der Waals surface area contributed by atoms with Crippen LogP contribution in [0, 0.1) is 12.8 Å². The lowest BCUT2D eigenvalue weighted by atomic mass is 10.3. The van der Waals surface area contributed by atoms with E-state index in [0.29, 0.717) is 0 Å². The molecule has 1 aromatic heterocycles. The molecule has 0 amide bonds. The number of nitrogens with zero attached hydrogens (tertiary/aromatic N) is 1. The number of aryl methyl sites for hydroxylation is 1. The van der Waals surface area contributed by atoms with Gasteiger partial charge in [-0.15, -0.1) is 11.3 Å². The fraction of sp³-hybridized carbons (Fsp3) is 0.700. The van der Waals surface area contributed by atoms with Crippen LogP contribution < -0.4 is 5.32 Å². The first-order valence-electron chi connectivity index (χ1n) is 4.89. The molecule has 0 aliphatic heterocycles. The van der Waals surface area contributed by atoms with Gasteiger partial charge >= 0.3 is 0 Å². The summed E-state index contributed by atoms with van der Waals surface area (Å²) in [7, 11) is 0. The molecule has 1 saturated carbocycles. The average molecular weight is 196 g/mol. The van der Waals surface area contributed by atoms with Crippen LogP contribution in [0.2, 0.25) is 0 Å². The maximum Gasteiger partial charge on any atom is 0.0797 e. The average Bonchev–Trinajstić information content (AvgIpc) is 2.63. The van der Waals surface area contributed by atoms with E-state index in [-0.39, 0.29) is 0 Å². The zero-order chi connectivity index (χ0) is 9.26. The summed E-state index contributed by atoms with van der Waals surface area (Å²) >= 11 is 1.77. The van der Waals surface area contributed by atoms with Crippen molar-refractivity contribution in [1.82, 2.24) is 10.3 Å². The molecule has 1 aromatic rings. The fourth-order valence-corrected chi connectivity index (χ4v) is 2.32. The molecular formula is C10H16N2S. The molecule has 1 heterocycles. The third-order valence-electron chi connectivity index (χ3n) is 2.71. The van der Waals surface area contributed by atoms with Gasteiger partial charge in [-0.3, -0.25) is 0 Å². The molecule has 1 aliphatic rings. The second-order valence-electron chi connectivity index (χ2n) is 3.88. The van der Waals surface area contributed by atoms with Crippen LogP contribution in [0.3, 0.4) is 0 Å². The molecule has 2 atom stereocenters. The highest BCUT2D eigenvalue weighted by molar-refractivity contribution is 7.09. The van der Waals surface area contributed by atoms with Crippen LogP contribution in [-0.4, -0.2) is 17.6 Å². The lowest BCUT2D eigenvalue weighted by Gasteiger charge is -2.01. The van der Waals surface area contributed by atoms with Gasteiger partial charge in [0.25, 0.3) is 0 Å². The van der Waals surface area contributed by atoms with Crippen LogP contribution >= 0.6 is 11.3 Å². The summed E-state index contributed by atoms with van der Waals surface area (Å²) in [5.74, 6) is 0.905. The highest BCUT2D eigenvalue weighted by atomic mass is 32.1. The molecule has 0 saturated heterocycles. The van der Waals surface area contributed by atoms with Gasteiger partial charge in [0.15, 0.2) is 0 Å². The summed E-state index contributed by atoms with van der Waals surface area (Å²) in [5, 5.41) is 3.55. The quantitative estimate of drug-likeness (QED) is 0.796. The van der Waals surface area contributed by atoms with Crippen LogP contribution in [0.25, 0.3) is 0 Å². The zero-order valence-electron chi connectivity index (χ0n) is 8.21. The van der Waals surface area contributed by atoms with E-state index in [9.17, 15) is 0 Å². The molecular weight excluding hydrogens is 180 g/mol. The third kappa shape index (κ3) is 2.29. The summed E-state index contributed by atoms with van der Waals surface area (Å²) in [6.07, 6.45) is 2.50. The molecule has 1 aliphatic carbocycles. The Kier molecular flexibility index (Phi) is 2.65. The highest BCUT2D eigenvalue weighted by Gasteiger charge is 2.31. The second-order valence-corrected chi connectivity index (χ2v) is 4.82. The molecule has 0 spiro atoms. The van der Waals surface area contributed by atoms with E-state index >= 15 is 0 Å². The van der Waals surface area contributed by atoms with Crippen LogP contribution in [-0.2, 0) is 6.42 Å². The monoisotopic (exact) mass is 196 g/mol. The van der Waals surface area contributed by atoms with Crippen molar-refractivity contribution in [3.63, 3.8) is 0 Å². The van der Waals surface area contributed by atoms with E-state index < -0.39 is 0 Å². The van der Waals surface area contributed by atoms with Gasteiger partial charge in [0.05, 0.1) is 11.2 Å². The lowest BCUT2D eigenvalue weighted by molar-refractivity contribution is 0.651. The van der Waals surface area contributed by atoms with Crippen molar-refractivity contribution >= 4 is 11.3 Å². The van der Waals surface area contributed by atoms with Crippen molar-refractivity contribution in [1.29, 1.82) is 0 Å². The normalized spacial score (nSPS) is 26.3. The number of thiazole rings is 1. The predicted molar refractivity (Wildman–Crippen MR) is 56.1 cm³/mol. The smallest absolute Gasteiger partial charge is 0.0797 e. The minimum absolute atomic E-state index is 0.799. The molecule has 13 heavy (non-hydrogen) atoms. The maximum absolute atomic E-state index is 4.24. The molecule has 72 valence electrons. The van der Waals surface area contributed by atoms with Crippen molar-refractivity contribution in [2.24, 2.45) is 5.92 Å². The first-order valence-corrected chi connectivity index (χ1v) is 5.77. The van der Waals surface area contributed by atoms with Crippen molar-refractivity contribution < 1.29 is 0 Å². The SMILES string of the molecule is Cc1ncsc1CCNC1CC1C. The van der Waals surface area contributed by atoms with Gasteiger partial charge in [0.1, 0.15) is 0 Å². The Labute approximate surface area is 83.4 Å². The van der Waals surface area contributed by atoms with Gasteiger partial charge in [-0.05, 0) is 25.7 Å². The number of hydrogen-bond donors (Lipinski definition) is 1. The van der Waals surface area contributed by atoms with Gasteiger partial charge < -0.3 is 5.32 Å². The number of nitrogens with one attached hydrogen (secondary N) is 1. The second kappa shape index (κ2) is 3.76. The lowest BCUT2D eigenvalue weighted by Crippen LogP contribution is -2.20. The fourth-order valence-electron chi connectivity index (χ4n) is 1.54. The van der Waals surface area contributed by atoms with Crippen LogP contribution in [0.15, 0.2) is 5.51 Å². The largest absolute Gasteiger partial charge is 0.313 e. The summed E-state index contributed by atoms with van der Waals surface area (Å²) in [6.45, 7) is 5.50. The molecule has 2 unspecified atom stereocenters. The Morgan fingerprint density at radius 1 is 1.69 bits per heavy atom. The Balaban J connectivity index is 1.71. The molecule has 1 N–H and O–H groups in total. The van der Waals surface area contributed by atoms with E-state index in [1.54, 1.807) is 11.3 Å². The van der Waals surface area contributed by atoms with E-state index in [2.05, 4.69) is 24.1 Å².